The van der Waals surface area contributed by atoms with E-state index in [0.29, 0.717) is 5.75 Å². The van der Waals surface area contributed by atoms with Crippen LogP contribution in [0.5, 0.6) is 5.75 Å². The summed E-state index contributed by atoms with van der Waals surface area (Å²) in [6.45, 7) is 1.69. The highest BCUT2D eigenvalue weighted by Gasteiger charge is 2.01. The summed E-state index contributed by atoms with van der Waals surface area (Å²) in [6, 6.07) is 7.37. The minimum Gasteiger partial charge on any atom is -0.508 e. The number of hydrogen-bond donors (Lipinski definition) is 1. The van der Waals surface area contributed by atoms with Gasteiger partial charge in [0, 0.05) is 0 Å². The maximum atomic E-state index is 10.8. The first-order chi connectivity index (χ1) is 6.70. The van der Waals surface area contributed by atoms with Crippen LogP contribution < -0.4 is 0 Å². The lowest BCUT2D eigenvalue weighted by Crippen LogP contribution is -1.97. The quantitative estimate of drug-likeness (QED) is 0.717. The maximum absolute atomic E-state index is 10.8. The molecule has 0 aliphatic heterocycles. The van der Waals surface area contributed by atoms with Gasteiger partial charge in [0.05, 0.1) is 6.10 Å². The molecule has 1 unspecified atom stereocenters. The molecule has 1 radical (unpaired) electrons. The zero-order valence-corrected chi connectivity index (χ0v) is 8.57. The third kappa shape index (κ3) is 3.79. The van der Waals surface area contributed by atoms with Crippen LogP contribution in [0.1, 0.15) is 31.7 Å². The third-order valence-corrected chi connectivity index (χ3v) is 2.30. The van der Waals surface area contributed by atoms with E-state index in [4.69, 9.17) is 0 Å². The van der Waals surface area contributed by atoms with Gasteiger partial charge in [-0.3, -0.25) is 0 Å². The molecule has 1 aromatic rings. The van der Waals surface area contributed by atoms with Crippen LogP contribution in [0.3, 0.4) is 0 Å². The molecule has 0 heterocycles. The molecule has 0 aromatic heterocycles. The van der Waals surface area contributed by atoms with E-state index < -0.39 is 6.10 Å². The van der Waals surface area contributed by atoms with Gasteiger partial charge in [0.25, 0.3) is 0 Å². The number of phenols is 1. The Bertz CT molecular complexity index is 269. The van der Waals surface area contributed by atoms with Gasteiger partial charge < -0.3 is 5.11 Å². The van der Waals surface area contributed by atoms with Crippen molar-refractivity contribution in [2.75, 3.05) is 0 Å². The molecule has 14 heavy (non-hydrogen) atoms. The highest BCUT2D eigenvalue weighted by molar-refractivity contribution is 5.31. The summed E-state index contributed by atoms with van der Waals surface area (Å²) in [4.78, 5) is 0. The summed E-state index contributed by atoms with van der Waals surface area (Å²) < 4.78 is 0. The van der Waals surface area contributed by atoms with Crippen molar-refractivity contribution in [3.8, 4) is 5.75 Å². The summed E-state index contributed by atoms with van der Waals surface area (Å²) in [7, 11) is 0. The number of para-hydroxylation sites is 1. The fourth-order valence-electron chi connectivity index (χ4n) is 1.47. The Morgan fingerprint density at radius 1 is 1.29 bits per heavy atom. The molecular formula is C12H17O2. The molecule has 0 spiro atoms. The molecule has 0 fully saturated rings. The topological polar surface area (TPSA) is 40.1 Å². The largest absolute Gasteiger partial charge is 0.508 e. The van der Waals surface area contributed by atoms with Gasteiger partial charge in [-0.2, -0.15) is 0 Å². The molecule has 1 N–H and O–H groups in total. The van der Waals surface area contributed by atoms with Crippen molar-refractivity contribution in [3.05, 3.63) is 29.8 Å². The first kappa shape index (κ1) is 11.1. The lowest BCUT2D eigenvalue weighted by molar-refractivity contribution is 0.0952. The van der Waals surface area contributed by atoms with Gasteiger partial charge in [-0.25, -0.2) is 5.11 Å². The van der Waals surface area contributed by atoms with Crippen LogP contribution in [0.4, 0.5) is 0 Å². The van der Waals surface area contributed by atoms with E-state index in [1.54, 1.807) is 13.0 Å². The van der Waals surface area contributed by atoms with E-state index in [1.165, 1.54) is 0 Å². The summed E-state index contributed by atoms with van der Waals surface area (Å²) in [5.74, 6) is 0.364. The van der Waals surface area contributed by atoms with Crippen molar-refractivity contribution in [1.29, 1.82) is 0 Å². The van der Waals surface area contributed by atoms with Crippen LogP contribution in [-0.4, -0.2) is 11.2 Å². The number of aromatic hydroxyl groups is 1. The zero-order valence-electron chi connectivity index (χ0n) is 8.57. The van der Waals surface area contributed by atoms with E-state index in [-0.39, 0.29) is 0 Å². The van der Waals surface area contributed by atoms with Gasteiger partial charge in [0.1, 0.15) is 5.75 Å². The zero-order chi connectivity index (χ0) is 10.4. The number of benzene rings is 1. The minimum absolute atomic E-state index is 0.364. The molecule has 1 atom stereocenters. The standard InChI is InChI=1S/C12H17O2/c1-10(13)6-2-3-7-11-8-4-5-9-12(11)14/h4-5,8-10,14H,2-3,6-7H2,1H3. The third-order valence-electron chi connectivity index (χ3n) is 2.30. The average molecular weight is 193 g/mol. The normalized spacial score (nSPS) is 12.7. The Kier molecular flexibility index (Phi) is 4.47. The van der Waals surface area contributed by atoms with Crippen LogP contribution in [0, 0.1) is 0 Å². The summed E-state index contributed by atoms with van der Waals surface area (Å²) >= 11 is 0. The lowest BCUT2D eigenvalue weighted by atomic mass is 10.1. The predicted octanol–water partition coefficient (Wildman–Crippen LogP) is 2.92. The first-order valence-corrected chi connectivity index (χ1v) is 5.13. The molecule has 0 saturated carbocycles. The van der Waals surface area contributed by atoms with Crippen LogP contribution in [0.2, 0.25) is 0 Å². The van der Waals surface area contributed by atoms with Crippen molar-refractivity contribution >= 4 is 0 Å². The number of aryl methyl sites for hydroxylation is 1. The summed E-state index contributed by atoms with van der Waals surface area (Å²) in [5.41, 5.74) is 0.978. The second-order valence-electron chi connectivity index (χ2n) is 3.69. The number of rotatable bonds is 5. The van der Waals surface area contributed by atoms with E-state index in [9.17, 15) is 10.2 Å². The highest BCUT2D eigenvalue weighted by Crippen LogP contribution is 2.18. The van der Waals surface area contributed by atoms with Gasteiger partial charge in [0.15, 0.2) is 0 Å². The predicted molar refractivity (Wildman–Crippen MR) is 55.8 cm³/mol. The molecular weight excluding hydrogens is 176 g/mol. The summed E-state index contributed by atoms with van der Waals surface area (Å²) in [6.07, 6.45) is 3.05. The number of unbranched alkanes of at least 4 members (excludes halogenated alkanes) is 1. The smallest absolute Gasteiger partial charge is 0.118 e. The molecule has 1 rings (SSSR count). The van der Waals surface area contributed by atoms with Crippen LogP contribution >= 0.6 is 0 Å². The van der Waals surface area contributed by atoms with E-state index in [2.05, 4.69) is 0 Å². The molecule has 0 saturated heterocycles. The second-order valence-corrected chi connectivity index (χ2v) is 3.69. The number of phenolic OH excluding ortho intramolecular Hbond substituents is 1. The molecule has 1 aromatic carbocycles. The van der Waals surface area contributed by atoms with Gasteiger partial charge in [0.2, 0.25) is 0 Å². The van der Waals surface area contributed by atoms with Crippen LogP contribution in [0.25, 0.3) is 0 Å². The molecule has 77 valence electrons. The van der Waals surface area contributed by atoms with Crippen molar-refractivity contribution in [2.24, 2.45) is 0 Å². The molecule has 0 aliphatic rings. The minimum atomic E-state index is -0.459. The van der Waals surface area contributed by atoms with Gasteiger partial charge in [-0.05, 0) is 37.8 Å². The lowest BCUT2D eigenvalue weighted by Gasteiger charge is -2.04. The Morgan fingerprint density at radius 3 is 2.64 bits per heavy atom. The molecule has 0 aliphatic carbocycles. The van der Waals surface area contributed by atoms with Crippen molar-refractivity contribution < 1.29 is 10.2 Å². The highest BCUT2D eigenvalue weighted by atomic mass is 16.3. The van der Waals surface area contributed by atoms with Crippen LogP contribution in [0.15, 0.2) is 24.3 Å². The SMILES string of the molecule is CC([O])CCCCc1ccccc1O. The van der Waals surface area contributed by atoms with Gasteiger partial charge in [-0.1, -0.05) is 24.6 Å². The second kappa shape index (κ2) is 5.66. The van der Waals surface area contributed by atoms with Crippen molar-refractivity contribution in [3.63, 3.8) is 0 Å². The Labute approximate surface area is 85.2 Å². The molecule has 0 amide bonds. The van der Waals surface area contributed by atoms with E-state index >= 15 is 0 Å². The fraction of sp³-hybridized carbons (Fsp3) is 0.500. The summed E-state index contributed by atoms with van der Waals surface area (Å²) in [5, 5.41) is 20.2. The molecule has 2 nitrogen and oxygen atoms in total. The van der Waals surface area contributed by atoms with Gasteiger partial charge >= 0.3 is 0 Å². The van der Waals surface area contributed by atoms with Crippen LogP contribution in [-0.2, 0) is 11.5 Å². The monoisotopic (exact) mass is 193 g/mol. The van der Waals surface area contributed by atoms with Crippen molar-refractivity contribution in [2.45, 2.75) is 38.7 Å². The van der Waals surface area contributed by atoms with E-state index in [0.717, 1.165) is 31.2 Å². The fourth-order valence-corrected chi connectivity index (χ4v) is 1.47. The Hall–Kier alpha value is -1.02. The molecule has 0 bridgehead atoms. The van der Waals surface area contributed by atoms with Crippen molar-refractivity contribution in [1.82, 2.24) is 0 Å². The molecule has 2 heteroatoms. The number of hydrogen-bond acceptors (Lipinski definition) is 1. The average Bonchev–Trinajstić information content (AvgIpc) is 2.15. The Morgan fingerprint density at radius 2 is 2.00 bits per heavy atom. The van der Waals surface area contributed by atoms with Gasteiger partial charge in [-0.15, -0.1) is 0 Å². The van der Waals surface area contributed by atoms with E-state index in [1.807, 2.05) is 18.2 Å². The first-order valence-electron chi connectivity index (χ1n) is 5.13. The maximum Gasteiger partial charge on any atom is 0.118 e. The Balaban J connectivity index is 2.28.